The van der Waals surface area contributed by atoms with Gasteiger partial charge in [0.2, 0.25) is 5.09 Å². The maximum absolute atomic E-state index is 10.5. The third-order valence-corrected chi connectivity index (χ3v) is 0. The first-order chi connectivity index (χ1) is 1.73. The molecule has 0 heterocycles. The van der Waals surface area contributed by atoms with Gasteiger partial charge in [0.1, 0.15) is 0 Å². The Labute approximate surface area is 69.6 Å². The fourth-order valence-electron chi connectivity index (χ4n) is 0. The molecule has 0 aromatic rings. The summed E-state index contributed by atoms with van der Waals surface area (Å²) in [5, 5.41) is -1.72. The standard InChI is InChI=1S/CHCl2F.Ca.2H/c2-1(3)4;;;/h1H;;;. The van der Waals surface area contributed by atoms with E-state index in [4.69, 9.17) is 0 Å². The van der Waals surface area contributed by atoms with Gasteiger partial charge in [-0.2, -0.15) is 0 Å². The molecule has 0 bridgehead atoms. The van der Waals surface area contributed by atoms with Crippen LogP contribution in [0.1, 0.15) is 0 Å². The Kier molecular flexibility index (Phi) is 11.4. The molecule has 0 saturated carbocycles. The molecule has 0 spiro atoms. The molecular weight excluding hydrogens is 142 g/mol. The van der Waals surface area contributed by atoms with Gasteiger partial charge in [-0.25, -0.2) is 4.39 Å². The van der Waals surface area contributed by atoms with Crippen molar-refractivity contribution in [2.45, 2.75) is 5.09 Å². The maximum atomic E-state index is 10.5. The van der Waals surface area contributed by atoms with Crippen LogP contribution in [0.15, 0.2) is 0 Å². The van der Waals surface area contributed by atoms with Crippen LogP contribution in [0, 0.1) is 0 Å². The molecular formula is CH3CaCl2F. The summed E-state index contributed by atoms with van der Waals surface area (Å²) in [7, 11) is 0. The van der Waals surface area contributed by atoms with Crippen LogP contribution in [0.3, 0.4) is 0 Å². The van der Waals surface area contributed by atoms with E-state index in [-0.39, 0.29) is 37.7 Å². The molecule has 4 heteroatoms. The van der Waals surface area contributed by atoms with E-state index in [1.807, 2.05) is 0 Å². The summed E-state index contributed by atoms with van der Waals surface area (Å²) in [6.07, 6.45) is 0. The van der Waals surface area contributed by atoms with E-state index in [1.54, 1.807) is 0 Å². The monoisotopic (exact) mass is 144 g/mol. The van der Waals surface area contributed by atoms with Gasteiger partial charge < -0.3 is 0 Å². The number of alkyl halides is 3. The molecule has 0 atom stereocenters. The second kappa shape index (κ2) is 5.77. The molecule has 0 N–H and O–H groups in total. The second-order valence-corrected chi connectivity index (χ2v) is 1.24. The summed E-state index contributed by atoms with van der Waals surface area (Å²) < 4.78 is 10.5. The molecule has 0 aliphatic carbocycles. The van der Waals surface area contributed by atoms with Crippen molar-refractivity contribution >= 4 is 60.9 Å². The van der Waals surface area contributed by atoms with Crippen LogP contribution in [0.25, 0.3) is 0 Å². The van der Waals surface area contributed by atoms with E-state index in [1.165, 1.54) is 0 Å². The van der Waals surface area contributed by atoms with Crippen molar-refractivity contribution in [2.75, 3.05) is 0 Å². The quantitative estimate of drug-likeness (QED) is 0.349. The Morgan fingerprint density at radius 1 is 1.40 bits per heavy atom. The zero-order chi connectivity index (χ0) is 3.58. The van der Waals surface area contributed by atoms with Crippen molar-refractivity contribution < 1.29 is 4.39 Å². The van der Waals surface area contributed by atoms with E-state index < -0.39 is 5.09 Å². The van der Waals surface area contributed by atoms with Crippen molar-refractivity contribution in [3.05, 3.63) is 0 Å². The SMILES string of the molecule is FC(Cl)Cl.[CaH2]. The van der Waals surface area contributed by atoms with E-state index in [2.05, 4.69) is 23.2 Å². The summed E-state index contributed by atoms with van der Waals surface area (Å²) in [6, 6.07) is 0. The fourth-order valence-corrected chi connectivity index (χ4v) is 0. The van der Waals surface area contributed by atoms with Gasteiger partial charge in [0.15, 0.2) is 0 Å². The van der Waals surface area contributed by atoms with Crippen molar-refractivity contribution in [2.24, 2.45) is 0 Å². The molecule has 0 radical (unpaired) electrons. The molecule has 0 unspecified atom stereocenters. The molecule has 0 aliphatic heterocycles. The van der Waals surface area contributed by atoms with E-state index >= 15 is 0 Å². The van der Waals surface area contributed by atoms with Crippen LogP contribution in [-0.4, -0.2) is 42.8 Å². The average molecular weight is 145 g/mol. The van der Waals surface area contributed by atoms with Gasteiger partial charge in [0.05, 0.1) is 0 Å². The van der Waals surface area contributed by atoms with E-state index in [0.29, 0.717) is 0 Å². The van der Waals surface area contributed by atoms with Gasteiger partial charge in [-0.3, -0.25) is 0 Å². The number of hydrogen-bond acceptors (Lipinski definition) is 0. The molecule has 0 aromatic heterocycles. The molecule has 0 aromatic carbocycles. The van der Waals surface area contributed by atoms with Crippen molar-refractivity contribution in [3.63, 3.8) is 0 Å². The Bertz CT molecular complexity index is 14.4. The van der Waals surface area contributed by atoms with Gasteiger partial charge in [0.25, 0.3) is 0 Å². The Morgan fingerprint density at radius 3 is 1.40 bits per heavy atom. The Hall–Kier alpha value is 1.77. The van der Waals surface area contributed by atoms with Crippen LogP contribution in [0.2, 0.25) is 0 Å². The van der Waals surface area contributed by atoms with Gasteiger partial charge in [-0.1, -0.05) is 23.2 Å². The van der Waals surface area contributed by atoms with Gasteiger partial charge in [-0.05, 0) is 0 Å². The van der Waals surface area contributed by atoms with Crippen molar-refractivity contribution in [3.8, 4) is 0 Å². The predicted octanol–water partition coefficient (Wildman–Crippen LogP) is 0.801. The van der Waals surface area contributed by atoms with Crippen LogP contribution >= 0.6 is 23.2 Å². The van der Waals surface area contributed by atoms with Gasteiger partial charge in [-0.15, -0.1) is 0 Å². The number of hydrogen-bond donors (Lipinski definition) is 0. The molecule has 0 nitrogen and oxygen atoms in total. The summed E-state index contributed by atoms with van der Waals surface area (Å²) >= 11 is 8.75. The predicted molar refractivity (Wildman–Crippen MR) is 25.1 cm³/mol. The average Bonchev–Trinajstić information content (AvgIpc) is 0.811. The molecule has 30 valence electrons. The third-order valence-electron chi connectivity index (χ3n) is 0. The Morgan fingerprint density at radius 2 is 1.40 bits per heavy atom. The summed E-state index contributed by atoms with van der Waals surface area (Å²) in [5.41, 5.74) is 0. The van der Waals surface area contributed by atoms with Gasteiger partial charge in [0, 0.05) is 0 Å². The summed E-state index contributed by atoms with van der Waals surface area (Å²) in [6.45, 7) is 0. The molecule has 0 saturated heterocycles. The zero-order valence-electron chi connectivity index (χ0n) is 1.71. The van der Waals surface area contributed by atoms with E-state index in [0.717, 1.165) is 0 Å². The molecule has 5 heavy (non-hydrogen) atoms. The first kappa shape index (κ1) is 9.91. The minimum absolute atomic E-state index is 0. The first-order valence-corrected chi connectivity index (χ1v) is 1.53. The number of halogens is 3. The molecule has 0 rings (SSSR count). The fraction of sp³-hybridized carbons (Fsp3) is 1.00. The summed E-state index contributed by atoms with van der Waals surface area (Å²) in [4.78, 5) is 0. The normalized spacial score (nSPS) is 7.20. The minimum atomic E-state index is -1.72. The topological polar surface area (TPSA) is 0 Å². The molecule has 0 amide bonds. The van der Waals surface area contributed by atoms with Crippen molar-refractivity contribution in [1.29, 1.82) is 0 Å². The summed E-state index contributed by atoms with van der Waals surface area (Å²) in [5.74, 6) is 0. The van der Waals surface area contributed by atoms with Crippen LogP contribution in [0.4, 0.5) is 4.39 Å². The Balaban J connectivity index is 0. The zero-order valence-corrected chi connectivity index (χ0v) is 3.22. The van der Waals surface area contributed by atoms with Crippen molar-refractivity contribution in [1.82, 2.24) is 0 Å². The van der Waals surface area contributed by atoms with Gasteiger partial charge >= 0.3 is 37.7 Å². The molecule has 0 aliphatic rings. The van der Waals surface area contributed by atoms with E-state index in [9.17, 15) is 4.39 Å². The second-order valence-electron chi connectivity index (χ2n) is 0.247. The van der Waals surface area contributed by atoms with Crippen LogP contribution < -0.4 is 0 Å². The van der Waals surface area contributed by atoms with Crippen LogP contribution in [0.5, 0.6) is 0 Å². The van der Waals surface area contributed by atoms with Crippen LogP contribution in [-0.2, 0) is 0 Å². The first-order valence-electron chi connectivity index (χ1n) is 0.655. The third kappa shape index (κ3) is 26.2. The number of rotatable bonds is 0. The molecule has 0 fully saturated rings.